The number of allylic oxidation sites excluding steroid dienone is 1. The molecule has 0 saturated carbocycles. The van der Waals surface area contributed by atoms with Gasteiger partial charge in [0.25, 0.3) is 0 Å². The van der Waals surface area contributed by atoms with Gasteiger partial charge in [-0.3, -0.25) is 0 Å². The van der Waals surface area contributed by atoms with Crippen LogP contribution in [0.2, 0.25) is 0 Å². The van der Waals surface area contributed by atoms with Crippen molar-refractivity contribution in [2.75, 3.05) is 13.7 Å². The standard InChI is InChI=1S/C12H25NO/c1-6-13-12(8-7-10(2)3)9-11(4)14-5/h11-13H,2,6-9H2,1,3-5H3. The smallest absolute Gasteiger partial charge is 0.0558 e. The largest absolute Gasteiger partial charge is 0.382 e. The highest BCUT2D eigenvalue weighted by molar-refractivity contribution is 4.89. The van der Waals surface area contributed by atoms with Gasteiger partial charge in [-0.25, -0.2) is 0 Å². The normalized spacial score (nSPS) is 15.1. The van der Waals surface area contributed by atoms with E-state index in [0.717, 1.165) is 25.8 Å². The molecule has 0 aliphatic heterocycles. The zero-order valence-corrected chi connectivity index (χ0v) is 10.1. The van der Waals surface area contributed by atoms with E-state index in [2.05, 4.69) is 32.7 Å². The van der Waals surface area contributed by atoms with Crippen molar-refractivity contribution < 1.29 is 4.74 Å². The molecule has 0 saturated heterocycles. The third-order valence-electron chi connectivity index (χ3n) is 2.43. The third kappa shape index (κ3) is 7.10. The van der Waals surface area contributed by atoms with Crippen molar-refractivity contribution in [3.8, 4) is 0 Å². The highest BCUT2D eigenvalue weighted by Gasteiger charge is 2.11. The van der Waals surface area contributed by atoms with E-state index < -0.39 is 0 Å². The summed E-state index contributed by atoms with van der Waals surface area (Å²) in [5, 5.41) is 3.48. The van der Waals surface area contributed by atoms with Crippen LogP contribution in [0.3, 0.4) is 0 Å². The molecular formula is C12H25NO. The molecule has 2 unspecified atom stereocenters. The van der Waals surface area contributed by atoms with Crippen LogP contribution in [-0.2, 0) is 4.74 Å². The Kier molecular flexibility index (Phi) is 7.81. The average molecular weight is 199 g/mol. The molecule has 0 aromatic carbocycles. The number of hydrogen-bond donors (Lipinski definition) is 1. The second-order valence-corrected chi connectivity index (χ2v) is 4.03. The summed E-state index contributed by atoms with van der Waals surface area (Å²) in [4.78, 5) is 0. The van der Waals surface area contributed by atoms with Gasteiger partial charge >= 0.3 is 0 Å². The van der Waals surface area contributed by atoms with Crippen LogP contribution in [0.4, 0.5) is 0 Å². The molecule has 0 radical (unpaired) electrons. The van der Waals surface area contributed by atoms with Gasteiger partial charge in [-0.05, 0) is 39.7 Å². The Balaban J connectivity index is 3.82. The molecule has 0 rings (SSSR count). The van der Waals surface area contributed by atoms with E-state index in [1.54, 1.807) is 7.11 Å². The Hall–Kier alpha value is -0.340. The Labute approximate surface area is 88.7 Å². The van der Waals surface area contributed by atoms with E-state index in [9.17, 15) is 0 Å². The summed E-state index contributed by atoms with van der Waals surface area (Å²) < 4.78 is 5.27. The zero-order chi connectivity index (χ0) is 11.0. The summed E-state index contributed by atoms with van der Waals surface area (Å²) in [6.45, 7) is 11.3. The molecule has 0 aromatic rings. The molecule has 2 heteroatoms. The lowest BCUT2D eigenvalue weighted by atomic mass is 10.0. The molecule has 0 aliphatic carbocycles. The van der Waals surface area contributed by atoms with E-state index in [1.165, 1.54) is 5.57 Å². The molecule has 0 fully saturated rings. The van der Waals surface area contributed by atoms with Gasteiger partial charge in [0.1, 0.15) is 0 Å². The first-order valence-electron chi connectivity index (χ1n) is 5.50. The summed E-state index contributed by atoms with van der Waals surface area (Å²) >= 11 is 0. The zero-order valence-electron chi connectivity index (χ0n) is 10.1. The highest BCUT2D eigenvalue weighted by atomic mass is 16.5. The maximum atomic E-state index is 5.27. The molecule has 1 N–H and O–H groups in total. The van der Waals surface area contributed by atoms with Crippen LogP contribution in [0, 0.1) is 0 Å². The van der Waals surface area contributed by atoms with Crippen LogP contribution in [0.15, 0.2) is 12.2 Å². The molecule has 0 spiro atoms. The minimum atomic E-state index is 0.337. The van der Waals surface area contributed by atoms with Crippen molar-refractivity contribution >= 4 is 0 Å². The maximum Gasteiger partial charge on any atom is 0.0558 e. The molecular weight excluding hydrogens is 174 g/mol. The quantitative estimate of drug-likeness (QED) is 0.607. The SMILES string of the molecule is C=C(C)CCC(CC(C)OC)NCC. The second-order valence-electron chi connectivity index (χ2n) is 4.03. The second kappa shape index (κ2) is 8.01. The lowest BCUT2D eigenvalue weighted by Crippen LogP contribution is -2.32. The van der Waals surface area contributed by atoms with Gasteiger partial charge in [-0.2, -0.15) is 0 Å². The van der Waals surface area contributed by atoms with Crippen LogP contribution in [0.25, 0.3) is 0 Å². The van der Waals surface area contributed by atoms with Gasteiger partial charge in [0.2, 0.25) is 0 Å². The number of methoxy groups -OCH3 is 1. The van der Waals surface area contributed by atoms with Gasteiger partial charge < -0.3 is 10.1 Å². The number of hydrogen-bond acceptors (Lipinski definition) is 2. The van der Waals surface area contributed by atoms with Gasteiger partial charge in [0, 0.05) is 13.2 Å². The first-order chi connectivity index (χ1) is 6.60. The van der Waals surface area contributed by atoms with E-state index in [0.29, 0.717) is 12.1 Å². The number of nitrogens with one attached hydrogen (secondary N) is 1. The molecule has 0 aliphatic rings. The predicted molar refractivity (Wildman–Crippen MR) is 62.6 cm³/mol. The van der Waals surface area contributed by atoms with Crippen molar-refractivity contribution in [3.05, 3.63) is 12.2 Å². The summed E-state index contributed by atoms with van der Waals surface area (Å²) in [5.74, 6) is 0. The van der Waals surface area contributed by atoms with Gasteiger partial charge in [0.05, 0.1) is 6.10 Å². The van der Waals surface area contributed by atoms with E-state index in [1.807, 2.05) is 0 Å². The van der Waals surface area contributed by atoms with Gasteiger partial charge in [-0.1, -0.05) is 12.5 Å². The Morgan fingerprint density at radius 1 is 1.50 bits per heavy atom. The summed E-state index contributed by atoms with van der Waals surface area (Å²) in [5.41, 5.74) is 1.26. The Bertz CT molecular complexity index is 156. The van der Waals surface area contributed by atoms with Crippen molar-refractivity contribution in [1.29, 1.82) is 0 Å². The van der Waals surface area contributed by atoms with Crippen molar-refractivity contribution in [3.63, 3.8) is 0 Å². The van der Waals surface area contributed by atoms with E-state index in [-0.39, 0.29) is 0 Å². The van der Waals surface area contributed by atoms with Crippen LogP contribution in [0.1, 0.15) is 40.0 Å². The van der Waals surface area contributed by atoms with E-state index >= 15 is 0 Å². The first kappa shape index (κ1) is 13.7. The molecule has 0 heterocycles. The molecule has 0 aromatic heterocycles. The van der Waals surface area contributed by atoms with Crippen molar-refractivity contribution in [2.45, 2.75) is 52.2 Å². The van der Waals surface area contributed by atoms with E-state index in [4.69, 9.17) is 4.74 Å². The summed E-state index contributed by atoms with van der Waals surface area (Å²) in [7, 11) is 1.77. The predicted octanol–water partition coefficient (Wildman–Crippen LogP) is 2.75. The molecule has 0 amide bonds. The molecule has 2 atom stereocenters. The maximum absolute atomic E-state index is 5.27. The van der Waals surface area contributed by atoms with Crippen LogP contribution in [0.5, 0.6) is 0 Å². The summed E-state index contributed by atoms with van der Waals surface area (Å²) in [6.07, 6.45) is 3.69. The topological polar surface area (TPSA) is 21.3 Å². The lowest BCUT2D eigenvalue weighted by molar-refractivity contribution is 0.0995. The van der Waals surface area contributed by atoms with Crippen molar-refractivity contribution in [2.24, 2.45) is 0 Å². The number of ether oxygens (including phenoxy) is 1. The van der Waals surface area contributed by atoms with Crippen LogP contribution < -0.4 is 5.32 Å². The van der Waals surface area contributed by atoms with Gasteiger partial charge in [-0.15, -0.1) is 6.58 Å². The molecule has 2 nitrogen and oxygen atoms in total. The average Bonchev–Trinajstić information content (AvgIpc) is 2.14. The van der Waals surface area contributed by atoms with Crippen molar-refractivity contribution in [1.82, 2.24) is 5.32 Å². The highest BCUT2D eigenvalue weighted by Crippen LogP contribution is 2.10. The minimum Gasteiger partial charge on any atom is -0.382 e. The lowest BCUT2D eigenvalue weighted by Gasteiger charge is -2.21. The molecule has 0 bridgehead atoms. The Morgan fingerprint density at radius 3 is 2.57 bits per heavy atom. The van der Waals surface area contributed by atoms with Crippen LogP contribution >= 0.6 is 0 Å². The fraction of sp³-hybridized carbons (Fsp3) is 0.833. The first-order valence-corrected chi connectivity index (χ1v) is 5.50. The fourth-order valence-electron chi connectivity index (χ4n) is 1.51. The third-order valence-corrected chi connectivity index (χ3v) is 2.43. The molecule has 84 valence electrons. The van der Waals surface area contributed by atoms with Crippen LogP contribution in [-0.4, -0.2) is 25.8 Å². The monoisotopic (exact) mass is 199 g/mol. The fourth-order valence-corrected chi connectivity index (χ4v) is 1.51. The minimum absolute atomic E-state index is 0.337. The molecule has 14 heavy (non-hydrogen) atoms. The summed E-state index contributed by atoms with van der Waals surface area (Å²) in [6, 6.07) is 0.562. The number of rotatable bonds is 8. The van der Waals surface area contributed by atoms with Gasteiger partial charge in [0.15, 0.2) is 0 Å². The Morgan fingerprint density at radius 2 is 2.14 bits per heavy atom.